The zero-order chi connectivity index (χ0) is 18.5. The molecule has 1 aliphatic heterocycles. The first kappa shape index (κ1) is 18.9. The Bertz CT molecular complexity index is 712. The molecular weight excluding hydrogens is 355 g/mol. The van der Waals surface area contributed by atoms with Gasteiger partial charge in [-0.25, -0.2) is 9.18 Å². The van der Waals surface area contributed by atoms with Crippen LogP contribution in [-0.4, -0.2) is 43.0 Å². The number of halogens is 1. The Morgan fingerprint density at radius 2 is 1.65 bits per heavy atom. The van der Waals surface area contributed by atoms with Crippen LogP contribution in [0.1, 0.15) is 17.3 Å². The van der Waals surface area contributed by atoms with E-state index in [1.165, 1.54) is 18.9 Å². The largest absolute Gasteiger partial charge is 0.453 e. The maximum Gasteiger partial charge on any atom is 0.338 e. The molecule has 0 amide bonds. The number of carbonyl (C=O) groups excluding carboxylic acids is 1. The highest BCUT2D eigenvalue weighted by Crippen LogP contribution is 2.37. The quantitative estimate of drug-likeness (QED) is 0.735. The number of hydrogen-bond acceptors (Lipinski definition) is 5. The highest BCUT2D eigenvalue weighted by atomic mass is 32.2. The Labute approximate surface area is 156 Å². The van der Waals surface area contributed by atoms with Gasteiger partial charge in [-0.3, -0.25) is 0 Å². The fraction of sp³-hybridized carbons (Fsp3) is 0.350. The summed E-state index contributed by atoms with van der Waals surface area (Å²) in [6.45, 7) is 1.69. The van der Waals surface area contributed by atoms with E-state index in [1.54, 1.807) is 31.2 Å². The van der Waals surface area contributed by atoms with E-state index in [2.05, 4.69) is 0 Å². The van der Waals surface area contributed by atoms with Crippen molar-refractivity contribution in [2.45, 2.75) is 41.7 Å². The van der Waals surface area contributed by atoms with Gasteiger partial charge in [-0.15, -0.1) is 11.8 Å². The van der Waals surface area contributed by atoms with Crippen molar-refractivity contribution in [1.29, 1.82) is 0 Å². The number of thioether (sulfide) groups is 1. The van der Waals surface area contributed by atoms with Gasteiger partial charge in [0.05, 0.1) is 16.9 Å². The van der Waals surface area contributed by atoms with E-state index in [0.29, 0.717) is 5.56 Å². The summed E-state index contributed by atoms with van der Waals surface area (Å²) < 4.78 is 31.2. The number of rotatable bonds is 5. The lowest BCUT2D eigenvalue weighted by atomic mass is 10.0. The van der Waals surface area contributed by atoms with Gasteiger partial charge in [0.1, 0.15) is 6.10 Å². The smallest absolute Gasteiger partial charge is 0.338 e. The third-order valence-electron chi connectivity index (χ3n) is 4.25. The molecule has 1 saturated heterocycles. The molecule has 0 spiro atoms. The Morgan fingerprint density at radius 1 is 1.04 bits per heavy atom. The van der Waals surface area contributed by atoms with Gasteiger partial charge in [0.25, 0.3) is 0 Å². The molecule has 5 unspecified atom stereocenters. The van der Waals surface area contributed by atoms with Crippen molar-refractivity contribution in [3.05, 3.63) is 66.2 Å². The third-order valence-corrected chi connectivity index (χ3v) is 5.55. The lowest BCUT2D eigenvalue weighted by molar-refractivity contribution is -0.201. The fourth-order valence-electron chi connectivity index (χ4n) is 2.94. The Kier molecular flexibility index (Phi) is 6.29. The second-order valence-electron chi connectivity index (χ2n) is 6.02. The predicted octanol–water partition coefficient (Wildman–Crippen LogP) is 4.10. The average Bonchev–Trinajstić information content (AvgIpc) is 2.67. The van der Waals surface area contributed by atoms with Crippen LogP contribution in [0, 0.1) is 0 Å². The molecular formula is C20H21FO4S. The monoisotopic (exact) mass is 376 g/mol. The lowest BCUT2D eigenvalue weighted by Gasteiger charge is -2.41. The normalized spacial score (nSPS) is 28.5. The third kappa shape index (κ3) is 4.26. The van der Waals surface area contributed by atoms with Gasteiger partial charge in [0.2, 0.25) is 6.36 Å². The topological polar surface area (TPSA) is 44.8 Å². The van der Waals surface area contributed by atoms with Gasteiger partial charge >= 0.3 is 5.97 Å². The van der Waals surface area contributed by atoms with Gasteiger partial charge in [-0.2, -0.15) is 0 Å². The number of ether oxygens (including phenoxy) is 3. The summed E-state index contributed by atoms with van der Waals surface area (Å²) in [5.74, 6) is -0.478. The van der Waals surface area contributed by atoms with Crippen LogP contribution in [0.3, 0.4) is 0 Å². The van der Waals surface area contributed by atoms with Gasteiger partial charge in [-0.1, -0.05) is 36.4 Å². The molecule has 6 heteroatoms. The van der Waals surface area contributed by atoms with Gasteiger partial charge in [0.15, 0.2) is 6.10 Å². The predicted molar refractivity (Wildman–Crippen MR) is 98.0 cm³/mol. The first-order chi connectivity index (χ1) is 12.6. The molecule has 4 nitrogen and oxygen atoms in total. The van der Waals surface area contributed by atoms with Crippen LogP contribution in [0.2, 0.25) is 0 Å². The van der Waals surface area contributed by atoms with Crippen LogP contribution < -0.4 is 0 Å². The molecule has 2 aromatic rings. The number of benzene rings is 2. The molecule has 138 valence electrons. The molecule has 3 rings (SSSR count). The summed E-state index contributed by atoms with van der Waals surface area (Å²) in [5, 5.41) is -0.646. The van der Waals surface area contributed by atoms with E-state index < -0.39 is 35.9 Å². The van der Waals surface area contributed by atoms with Crippen molar-refractivity contribution in [2.24, 2.45) is 0 Å². The maximum atomic E-state index is 14.6. The van der Waals surface area contributed by atoms with Crippen molar-refractivity contribution >= 4 is 17.7 Å². The summed E-state index contributed by atoms with van der Waals surface area (Å²) >= 11 is 1.32. The van der Waals surface area contributed by atoms with Crippen molar-refractivity contribution in [2.75, 3.05) is 7.11 Å². The second-order valence-corrected chi connectivity index (χ2v) is 7.28. The summed E-state index contributed by atoms with van der Waals surface area (Å²) in [7, 11) is 1.50. The van der Waals surface area contributed by atoms with E-state index in [-0.39, 0.29) is 0 Å². The first-order valence-corrected chi connectivity index (χ1v) is 9.28. The van der Waals surface area contributed by atoms with Crippen LogP contribution in [0.25, 0.3) is 0 Å². The van der Waals surface area contributed by atoms with E-state index in [1.807, 2.05) is 36.4 Å². The van der Waals surface area contributed by atoms with Crippen LogP contribution in [0.4, 0.5) is 4.39 Å². The molecule has 2 aromatic carbocycles. The highest BCUT2D eigenvalue weighted by Gasteiger charge is 2.47. The second kappa shape index (κ2) is 8.66. The minimum atomic E-state index is -1.52. The molecule has 0 saturated carbocycles. The average molecular weight is 376 g/mol. The number of methoxy groups -OCH3 is 1. The van der Waals surface area contributed by atoms with E-state index in [9.17, 15) is 9.18 Å². The number of alkyl halides is 1. The van der Waals surface area contributed by atoms with Crippen molar-refractivity contribution in [1.82, 2.24) is 0 Å². The summed E-state index contributed by atoms with van der Waals surface area (Å²) in [5.41, 5.74) is 0.434. The number of esters is 1. The Balaban J connectivity index is 1.78. The van der Waals surface area contributed by atoms with E-state index >= 15 is 0 Å². The number of carbonyl (C=O) groups is 1. The van der Waals surface area contributed by atoms with Crippen LogP contribution >= 0.6 is 11.8 Å². The first-order valence-electron chi connectivity index (χ1n) is 8.40. The zero-order valence-corrected chi connectivity index (χ0v) is 15.4. The van der Waals surface area contributed by atoms with Crippen LogP contribution in [0.5, 0.6) is 0 Å². The van der Waals surface area contributed by atoms with E-state index in [4.69, 9.17) is 14.2 Å². The fourth-order valence-corrected chi connectivity index (χ4v) is 4.14. The minimum Gasteiger partial charge on any atom is -0.453 e. The van der Waals surface area contributed by atoms with Crippen LogP contribution in [-0.2, 0) is 14.2 Å². The van der Waals surface area contributed by atoms with Gasteiger partial charge in [0, 0.05) is 12.0 Å². The minimum absolute atomic E-state index is 0.434. The summed E-state index contributed by atoms with van der Waals surface area (Å²) in [6.07, 6.45) is -3.48. The molecule has 1 fully saturated rings. The van der Waals surface area contributed by atoms with Crippen molar-refractivity contribution < 1.29 is 23.4 Å². The molecule has 0 aliphatic carbocycles. The molecule has 0 N–H and O–H groups in total. The zero-order valence-electron chi connectivity index (χ0n) is 14.6. The number of hydrogen-bond donors (Lipinski definition) is 0. The summed E-state index contributed by atoms with van der Waals surface area (Å²) in [6, 6.07) is 18.1. The SMILES string of the molecule is COC1C(OC(=O)c2ccccc2)C(C)OC(F)C1Sc1ccccc1. The molecule has 0 aromatic heterocycles. The van der Waals surface area contributed by atoms with Crippen molar-refractivity contribution in [3.63, 3.8) is 0 Å². The maximum absolute atomic E-state index is 14.6. The molecule has 26 heavy (non-hydrogen) atoms. The molecule has 1 heterocycles. The van der Waals surface area contributed by atoms with Gasteiger partial charge in [-0.05, 0) is 31.2 Å². The lowest BCUT2D eigenvalue weighted by Crippen LogP contribution is -2.56. The highest BCUT2D eigenvalue weighted by molar-refractivity contribution is 8.00. The summed E-state index contributed by atoms with van der Waals surface area (Å²) in [4.78, 5) is 13.3. The molecule has 1 aliphatic rings. The molecule has 0 radical (unpaired) electrons. The van der Waals surface area contributed by atoms with Crippen molar-refractivity contribution in [3.8, 4) is 0 Å². The Morgan fingerprint density at radius 3 is 2.27 bits per heavy atom. The van der Waals surface area contributed by atoms with Gasteiger partial charge < -0.3 is 14.2 Å². The molecule has 0 bridgehead atoms. The molecule has 5 atom stereocenters. The standard InChI is InChI=1S/C20H21FO4S/c1-13-16(25-20(22)14-9-5-3-6-10-14)17(23-2)18(19(21)24-13)26-15-11-7-4-8-12-15/h3-13,16-19H,1-2H3. The van der Waals surface area contributed by atoms with E-state index in [0.717, 1.165) is 4.90 Å². The van der Waals surface area contributed by atoms with Crippen LogP contribution in [0.15, 0.2) is 65.6 Å². The Hall–Kier alpha value is -1.89.